The third-order valence-corrected chi connectivity index (χ3v) is 5.50. The second-order valence-electron chi connectivity index (χ2n) is 7.47. The van der Waals surface area contributed by atoms with E-state index in [2.05, 4.69) is 5.32 Å². The Morgan fingerprint density at radius 2 is 1.53 bits per heavy atom. The molecule has 0 aliphatic carbocycles. The zero-order valence-electron chi connectivity index (χ0n) is 17.0. The molecule has 4 rings (SSSR count). The van der Waals surface area contributed by atoms with E-state index in [0.717, 1.165) is 22.4 Å². The standard InChI is InChI=1S/C25H21ClN2O2/c1-15-5-4-6-20(13-15)27-23-22(18-8-7-16(2)17(3)14-18)24(29)28(25(23)30)21-11-9-19(26)10-12-21/h4-14,27H,1-3H3. The van der Waals surface area contributed by atoms with Gasteiger partial charge >= 0.3 is 0 Å². The average Bonchev–Trinajstić information content (AvgIpc) is 2.95. The highest BCUT2D eigenvalue weighted by Gasteiger charge is 2.40. The summed E-state index contributed by atoms with van der Waals surface area (Å²) in [6.45, 7) is 5.98. The summed E-state index contributed by atoms with van der Waals surface area (Å²) in [5.41, 5.74) is 5.81. The lowest BCUT2D eigenvalue weighted by Crippen LogP contribution is -2.32. The van der Waals surface area contributed by atoms with Gasteiger partial charge < -0.3 is 5.32 Å². The van der Waals surface area contributed by atoms with E-state index in [1.165, 1.54) is 4.90 Å². The van der Waals surface area contributed by atoms with Gasteiger partial charge in [-0.15, -0.1) is 0 Å². The fraction of sp³-hybridized carbons (Fsp3) is 0.120. The van der Waals surface area contributed by atoms with Gasteiger partial charge in [0.15, 0.2) is 0 Å². The van der Waals surface area contributed by atoms with Crippen LogP contribution in [0, 0.1) is 20.8 Å². The van der Waals surface area contributed by atoms with E-state index in [1.807, 2.05) is 63.2 Å². The van der Waals surface area contributed by atoms with Crippen LogP contribution in [0.3, 0.4) is 0 Å². The van der Waals surface area contributed by atoms with Crippen molar-refractivity contribution in [2.75, 3.05) is 10.2 Å². The summed E-state index contributed by atoms with van der Waals surface area (Å²) in [5, 5.41) is 3.74. The van der Waals surface area contributed by atoms with Crippen LogP contribution in [0.25, 0.3) is 5.57 Å². The van der Waals surface area contributed by atoms with Crippen LogP contribution < -0.4 is 10.2 Å². The van der Waals surface area contributed by atoms with Gasteiger partial charge in [-0.1, -0.05) is 41.9 Å². The first-order chi connectivity index (χ1) is 14.3. The summed E-state index contributed by atoms with van der Waals surface area (Å²) >= 11 is 5.99. The maximum absolute atomic E-state index is 13.4. The van der Waals surface area contributed by atoms with Crippen LogP contribution in [0.4, 0.5) is 11.4 Å². The van der Waals surface area contributed by atoms with Crippen molar-refractivity contribution < 1.29 is 9.59 Å². The molecule has 2 amide bonds. The van der Waals surface area contributed by atoms with Crippen molar-refractivity contribution in [3.63, 3.8) is 0 Å². The molecular formula is C25H21ClN2O2. The molecule has 3 aromatic carbocycles. The molecule has 0 fully saturated rings. The number of carbonyl (C=O) groups excluding carboxylic acids is 2. The predicted octanol–water partition coefficient (Wildman–Crippen LogP) is 5.66. The molecule has 0 atom stereocenters. The third-order valence-electron chi connectivity index (χ3n) is 5.25. The normalized spacial score (nSPS) is 13.9. The molecule has 4 nitrogen and oxygen atoms in total. The lowest BCUT2D eigenvalue weighted by atomic mass is 9.99. The van der Waals surface area contributed by atoms with Crippen molar-refractivity contribution in [3.8, 4) is 0 Å². The van der Waals surface area contributed by atoms with Crippen LogP contribution in [0.5, 0.6) is 0 Å². The molecule has 0 saturated heterocycles. The van der Waals surface area contributed by atoms with Gasteiger partial charge in [0.2, 0.25) is 0 Å². The fourth-order valence-electron chi connectivity index (χ4n) is 3.50. The third kappa shape index (κ3) is 3.62. The smallest absolute Gasteiger partial charge is 0.282 e. The minimum Gasteiger partial charge on any atom is -0.350 e. The number of hydrogen-bond acceptors (Lipinski definition) is 3. The van der Waals surface area contributed by atoms with E-state index in [9.17, 15) is 9.59 Å². The topological polar surface area (TPSA) is 49.4 Å². The fourth-order valence-corrected chi connectivity index (χ4v) is 3.63. The summed E-state index contributed by atoms with van der Waals surface area (Å²) in [6.07, 6.45) is 0. The van der Waals surface area contributed by atoms with Crippen LogP contribution >= 0.6 is 11.6 Å². The highest BCUT2D eigenvalue weighted by Crippen LogP contribution is 2.34. The van der Waals surface area contributed by atoms with Gasteiger partial charge in [-0.2, -0.15) is 0 Å². The Morgan fingerprint density at radius 3 is 2.20 bits per heavy atom. The lowest BCUT2D eigenvalue weighted by molar-refractivity contribution is -0.120. The SMILES string of the molecule is Cc1cccc(NC2=C(c3ccc(C)c(C)c3)C(=O)N(c3ccc(Cl)cc3)C2=O)c1. The first-order valence-corrected chi connectivity index (χ1v) is 10.0. The molecular weight excluding hydrogens is 396 g/mol. The average molecular weight is 417 g/mol. The maximum Gasteiger partial charge on any atom is 0.282 e. The number of carbonyl (C=O) groups is 2. The Hall–Kier alpha value is -3.37. The Labute approximate surface area is 180 Å². The van der Waals surface area contributed by atoms with Gasteiger partial charge in [-0.25, -0.2) is 4.90 Å². The van der Waals surface area contributed by atoms with Gasteiger partial charge in [-0.05, 0) is 79.4 Å². The van der Waals surface area contributed by atoms with E-state index in [1.54, 1.807) is 24.3 Å². The molecule has 30 heavy (non-hydrogen) atoms. The van der Waals surface area contributed by atoms with E-state index in [4.69, 9.17) is 11.6 Å². The first-order valence-electron chi connectivity index (χ1n) is 9.65. The molecule has 0 spiro atoms. The van der Waals surface area contributed by atoms with Crippen LogP contribution in [0.2, 0.25) is 5.02 Å². The maximum atomic E-state index is 13.4. The van der Waals surface area contributed by atoms with Crippen molar-refractivity contribution >= 4 is 40.4 Å². The molecule has 0 saturated carbocycles. The Kier molecular flexibility index (Phi) is 5.18. The van der Waals surface area contributed by atoms with Crippen LogP contribution in [-0.2, 0) is 9.59 Å². The van der Waals surface area contributed by atoms with Gasteiger partial charge in [0.25, 0.3) is 11.8 Å². The number of nitrogens with zero attached hydrogens (tertiary/aromatic N) is 1. The summed E-state index contributed by atoms with van der Waals surface area (Å²) < 4.78 is 0. The monoisotopic (exact) mass is 416 g/mol. The van der Waals surface area contributed by atoms with Crippen LogP contribution in [-0.4, -0.2) is 11.8 Å². The van der Waals surface area contributed by atoms with E-state index >= 15 is 0 Å². The number of nitrogens with one attached hydrogen (secondary N) is 1. The molecule has 1 aliphatic heterocycles. The number of rotatable bonds is 4. The number of anilines is 2. The predicted molar refractivity (Wildman–Crippen MR) is 122 cm³/mol. The number of amides is 2. The van der Waals surface area contributed by atoms with Crippen molar-refractivity contribution in [3.05, 3.63) is 99.7 Å². The molecule has 0 bridgehead atoms. The first kappa shape index (κ1) is 19.9. The number of benzene rings is 3. The molecule has 3 aromatic rings. The lowest BCUT2D eigenvalue weighted by Gasteiger charge is -2.15. The van der Waals surface area contributed by atoms with E-state index < -0.39 is 5.91 Å². The molecule has 5 heteroatoms. The molecule has 0 aromatic heterocycles. The molecule has 150 valence electrons. The van der Waals surface area contributed by atoms with Gasteiger partial charge in [0.05, 0.1) is 11.3 Å². The summed E-state index contributed by atoms with van der Waals surface area (Å²) in [7, 11) is 0. The molecule has 0 unspecified atom stereocenters. The van der Waals surface area contributed by atoms with E-state index in [-0.39, 0.29) is 11.6 Å². The van der Waals surface area contributed by atoms with Crippen molar-refractivity contribution in [2.24, 2.45) is 0 Å². The second kappa shape index (κ2) is 7.81. The summed E-state index contributed by atoms with van der Waals surface area (Å²) in [6, 6.07) is 20.2. The van der Waals surface area contributed by atoms with Gasteiger partial charge in [-0.3, -0.25) is 9.59 Å². The largest absolute Gasteiger partial charge is 0.350 e. The van der Waals surface area contributed by atoms with Crippen molar-refractivity contribution in [2.45, 2.75) is 20.8 Å². The second-order valence-corrected chi connectivity index (χ2v) is 7.90. The summed E-state index contributed by atoms with van der Waals surface area (Å²) in [5.74, 6) is -0.752. The van der Waals surface area contributed by atoms with Crippen molar-refractivity contribution in [1.82, 2.24) is 0 Å². The quantitative estimate of drug-likeness (QED) is 0.558. The van der Waals surface area contributed by atoms with Crippen LogP contribution in [0.15, 0.2) is 72.4 Å². The van der Waals surface area contributed by atoms with E-state index in [0.29, 0.717) is 21.8 Å². The highest BCUT2D eigenvalue weighted by atomic mass is 35.5. The van der Waals surface area contributed by atoms with Gasteiger partial charge in [0.1, 0.15) is 5.70 Å². The van der Waals surface area contributed by atoms with Crippen molar-refractivity contribution in [1.29, 1.82) is 0 Å². The van der Waals surface area contributed by atoms with Gasteiger partial charge in [0, 0.05) is 10.7 Å². The zero-order valence-corrected chi connectivity index (χ0v) is 17.7. The Bertz CT molecular complexity index is 1200. The summed E-state index contributed by atoms with van der Waals surface area (Å²) in [4.78, 5) is 28.0. The zero-order chi connectivity index (χ0) is 21.4. The Morgan fingerprint density at radius 1 is 0.800 bits per heavy atom. The molecule has 1 heterocycles. The molecule has 0 radical (unpaired) electrons. The Balaban J connectivity index is 1.84. The number of aryl methyl sites for hydroxylation is 3. The molecule has 1 N–H and O–H groups in total. The van der Waals surface area contributed by atoms with Crippen LogP contribution in [0.1, 0.15) is 22.3 Å². The minimum atomic E-state index is -0.392. The highest BCUT2D eigenvalue weighted by molar-refractivity contribution is 6.46. The number of hydrogen-bond donors (Lipinski definition) is 1. The number of imide groups is 1. The minimum absolute atomic E-state index is 0.267. The number of halogens is 1. The molecule has 1 aliphatic rings.